The molecule has 1 aromatic carbocycles. The number of H-pyrrole nitrogens is 1. The van der Waals surface area contributed by atoms with Gasteiger partial charge in [0, 0.05) is 5.56 Å². The summed E-state index contributed by atoms with van der Waals surface area (Å²) in [5.74, 6) is -0.320. The van der Waals surface area contributed by atoms with Crippen LogP contribution >= 0.6 is 11.3 Å². The zero-order chi connectivity index (χ0) is 14.7. The molecule has 0 atom stereocenters. The molecule has 0 radical (unpaired) electrons. The Morgan fingerprint density at radius 2 is 2.00 bits per heavy atom. The third-order valence-corrected chi connectivity index (χ3v) is 4.07. The van der Waals surface area contributed by atoms with Crippen LogP contribution in [0.2, 0.25) is 0 Å². The second kappa shape index (κ2) is 5.97. The summed E-state index contributed by atoms with van der Waals surface area (Å²) in [7, 11) is 0. The van der Waals surface area contributed by atoms with E-state index in [1.807, 2.05) is 60.8 Å². The first-order valence-corrected chi connectivity index (χ1v) is 7.67. The van der Waals surface area contributed by atoms with Gasteiger partial charge in [0.25, 0.3) is 0 Å². The SMILES string of the molecule is CCOC(=O)c1[nH]c(-c2cccs2)cc1-c1ccccc1. The molecule has 0 unspecified atom stereocenters. The van der Waals surface area contributed by atoms with Crippen LogP contribution in [-0.4, -0.2) is 17.6 Å². The summed E-state index contributed by atoms with van der Waals surface area (Å²) in [5, 5.41) is 2.02. The topological polar surface area (TPSA) is 42.1 Å². The van der Waals surface area contributed by atoms with Crippen LogP contribution in [0.4, 0.5) is 0 Å². The summed E-state index contributed by atoms with van der Waals surface area (Å²) in [6, 6.07) is 15.9. The summed E-state index contributed by atoms with van der Waals surface area (Å²) in [4.78, 5) is 16.5. The highest BCUT2D eigenvalue weighted by Gasteiger charge is 2.18. The number of ether oxygens (including phenoxy) is 1. The van der Waals surface area contributed by atoms with Crippen molar-refractivity contribution in [1.29, 1.82) is 0 Å². The summed E-state index contributed by atoms with van der Waals surface area (Å²) in [6.45, 7) is 2.17. The first kappa shape index (κ1) is 13.6. The van der Waals surface area contributed by atoms with Crippen LogP contribution in [0, 0.1) is 0 Å². The van der Waals surface area contributed by atoms with Gasteiger partial charge in [-0.3, -0.25) is 0 Å². The van der Waals surface area contributed by atoms with E-state index in [9.17, 15) is 4.79 Å². The van der Waals surface area contributed by atoms with Gasteiger partial charge in [-0.1, -0.05) is 36.4 Å². The van der Waals surface area contributed by atoms with Gasteiger partial charge in [-0.25, -0.2) is 4.79 Å². The Kier molecular flexibility index (Phi) is 3.88. The molecule has 0 aliphatic carbocycles. The van der Waals surface area contributed by atoms with Gasteiger partial charge in [-0.2, -0.15) is 0 Å². The number of esters is 1. The molecule has 0 bridgehead atoms. The average Bonchev–Trinajstić information content (AvgIpc) is 3.17. The summed E-state index contributed by atoms with van der Waals surface area (Å²) in [5.41, 5.74) is 3.32. The van der Waals surface area contributed by atoms with Gasteiger partial charge in [0.2, 0.25) is 0 Å². The van der Waals surface area contributed by atoms with Gasteiger partial charge < -0.3 is 9.72 Å². The summed E-state index contributed by atoms with van der Waals surface area (Å²) in [6.07, 6.45) is 0. The van der Waals surface area contributed by atoms with Crippen molar-refractivity contribution in [3.63, 3.8) is 0 Å². The van der Waals surface area contributed by atoms with E-state index in [-0.39, 0.29) is 5.97 Å². The second-order valence-electron chi connectivity index (χ2n) is 4.54. The Labute approximate surface area is 127 Å². The van der Waals surface area contributed by atoms with Crippen molar-refractivity contribution in [1.82, 2.24) is 4.98 Å². The first-order chi connectivity index (χ1) is 10.3. The molecule has 1 N–H and O–H groups in total. The number of aromatic nitrogens is 1. The number of thiophene rings is 1. The van der Waals surface area contributed by atoms with Crippen molar-refractivity contribution in [3.05, 3.63) is 59.6 Å². The lowest BCUT2D eigenvalue weighted by atomic mass is 10.1. The predicted octanol–water partition coefficient (Wildman–Crippen LogP) is 4.59. The molecule has 2 heterocycles. The fourth-order valence-electron chi connectivity index (χ4n) is 2.23. The van der Waals surface area contributed by atoms with E-state index in [1.54, 1.807) is 11.3 Å². The van der Waals surface area contributed by atoms with Gasteiger partial charge in [0.1, 0.15) is 5.69 Å². The molecule has 106 valence electrons. The molecule has 0 amide bonds. The molecule has 0 fully saturated rings. The molecule has 0 saturated carbocycles. The van der Waals surface area contributed by atoms with Crippen LogP contribution < -0.4 is 0 Å². The summed E-state index contributed by atoms with van der Waals surface area (Å²) >= 11 is 1.63. The Balaban J connectivity index is 2.10. The van der Waals surface area contributed by atoms with Crippen LogP contribution in [0.5, 0.6) is 0 Å². The van der Waals surface area contributed by atoms with E-state index in [0.717, 1.165) is 21.7 Å². The minimum Gasteiger partial charge on any atom is -0.461 e. The number of carbonyl (C=O) groups excluding carboxylic acids is 1. The molecule has 0 aliphatic rings. The minimum absolute atomic E-state index is 0.320. The lowest BCUT2D eigenvalue weighted by Gasteiger charge is -2.03. The van der Waals surface area contributed by atoms with Crippen molar-refractivity contribution < 1.29 is 9.53 Å². The average molecular weight is 297 g/mol. The number of rotatable bonds is 4. The number of aromatic amines is 1. The molecule has 4 heteroatoms. The van der Waals surface area contributed by atoms with Gasteiger partial charge >= 0.3 is 5.97 Å². The fraction of sp³-hybridized carbons (Fsp3) is 0.118. The molecule has 0 aliphatic heterocycles. The highest BCUT2D eigenvalue weighted by molar-refractivity contribution is 7.13. The monoisotopic (exact) mass is 297 g/mol. The Bertz CT molecular complexity index is 730. The van der Waals surface area contributed by atoms with E-state index >= 15 is 0 Å². The third-order valence-electron chi connectivity index (χ3n) is 3.17. The maximum atomic E-state index is 12.2. The molecular weight excluding hydrogens is 282 g/mol. The van der Waals surface area contributed by atoms with Crippen molar-refractivity contribution in [2.45, 2.75) is 6.92 Å². The predicted molar refractivity (Wildman–Crippen MR) is 85.5 cm³/mol. The van der Waals surface area contributed by atoms with E-state index < -0.39 is 0 Å². The van der Waals surface area contributed by atoms with Crippen molar-refractivity contribution in [2.75, 3.05) is 6.61 Å². The van der Waals surface area contributed by atoms with E-state index in [2.05, 4.69) is 4.98 Å². The highest BCUT2D eigenvalue weighted by atomic mass is 32.1. The molecule has 0 spiro atoms. The highest BCUT2D eigenvalue weighted by Crippen LogP contribution is 2.32. The molecule has 21 heavy (non-hydrogen) atoms. The third kappa shape index (κ3) is 2.76. The molecule has 0 saturated heterocycles. The molecule has 2 aromatic heterocycles. The van der Waals surface area contributed by atoms with E-state index in [4.69, 9.17) is 4.74 Å². The number of carbonyl (C=O) groups is 1. The molecule has 3 nitrogen and oxygen atoms in total. The van der Waals surface area contributed by atoms with Crippen LogP contribution in [0.15, 0.2) is 53.9 Å². The standard InChI is InChI=1S/C17H15NO2S/c1-2-20-17(19)16-13(12-7-4-3-5-8-12)11-14(18-16)15-9-6-10-21-15/h3-11,18H,2H2,1H3. The zero-order valence-corrected chi connectivity index (χ0v) is 12.4. The van der Waals surface area contributed by atoms with Crippen molar-refractivity contribution in [2.24, 2.45) is 0 Å². The largest absolute Gasteiger partial charge is 0.461 e. The van der Waals surface area contributed by atoms with Crippen LogP contribution in [0.25, 0.3) is 21.7 Å². The minimum atomic E-state index is -0.320. The molecule has 3 aromatic rings. The Hall–Kier alpha value is -2.33. The maximum absolute atomic E-state index is 12.2. The van der Waals surface area contributed by atoms with E-state index in [0.29, 0.717) is 12.3 Å². The normalized spacial score (nSPS) is 10.5. The number of nitrogens with one attached hydrogen (secondary N) is 1. The molecule has 3 rings (SSSR count). The number of hydrogen-bond donors (Lipinski definition) is 1. The van der Waals surface area contributed by atoms with Crippen LogP contribution in [0.1, 0.15) is 17.4 Å². The maximum Gasteiger partial charge on any atom is 0.355 e. The van der Waals surface area contributed by atoms with Crippen LogP contribution in [0.3, 0.4) is 0 Å². The van der Waals surface area contributed by atoms with Gasteiger partial charge in [-0.15, -0.1) is 11.3 Å². The van der Waals surface area contributed by atoms with E-state index in [1.165, 1.54) is 0 Å². The Morgan fingerprint density at radius 3 is 2.67 bits per heavy atom. The van der Waals surface area contributed by atoms with Crippen molar-refractivity contribution in [3.8, 4) is 21.7 Å². The van der Waals surface area contributed by atoms with Crippen LogP contribution in [-0.2, 0) is 4.74 Å². The lowest BCUT2D eigenvalue weighted by Crippen LogP contribution is -2.06. The lowest BCUT2D eigenvalue weighted by molar-refractivity contribution is 0.0521. The fourth-order valence-corrected chi connectivity index (χ4v) is 2.93. The first-order valence-electron chi connectivity index (χ1n) is 6.79. The number of benzene rings is 1. The van der Waals surface area contributed by atoms with Crippen molar-refractivity contribution >= 4 is 17.3 Å². The molecular formula is C17H15NO2S. The smallest absolute Gasteiger partial charge is 0.355 e. The summed E-state index contributed by atoms with van der Waals surface area (Å²) < 4.78 is 5.15. The van der Waals surface area contributed by atoms with Gasteiger partial charge in [0.15, 0.2) is 0 Å². The second-order valence-corrected chi connectivity index (χ2v) is 5.48. The quantitative estimate of drug-likeness (QED) is 0.716. The Morgan fingerprint density at radius 1 is 1.19 bits per heavy atom. The number of hydrogen-bond acceptors (Lipinski definition) is 3. The van der Waals surface area contributed by atoms with Gasteiger partial charge in [0.05, 0.1) is 17.2 Å². The van der Waals surface area contributed by atoms with Gasteiger partial charge in [-0.05, 0) is 30.0 Å². The zero-order valence-electron chi connectivity index (χ0n) is 11.6.